The minimum absolute atomic E-state index is 0.309. The van der Waals surface area contributed by atoms with Gasteiger partial charge in [-0.1, -0.05) is 59.8 Å². The molecule has 33 heavy (non-hydrogen) atoms. The molecule has 2 heterocycles. The largest absolute Gasteiger partial charge is 0.416 e. The van der Waals surface area contributed by atoms with Crippen LogP contribution in [0.2, 0.25) is 5.02 Å². The van der Waals surface area contributed by atoms with E-state index in [0.717, 1.165) is 34.3 Å². The number of halogens is 4. The van der Waals surface area contributed by atoms with Crippen molar-refractivity contribution in [3.8, 4) is 17.1 Å². The molecule has 2 aromatic heterocycles. The summed E-state index contributed by atoms with van der Waals surface area (Å²) in [5.74, 6) is 0.935. The quantitative estimate of drug-likeness (QED) is 0.265. The van der Waals surface area contributed by atoms with Gasteiger partial charge in [0.25, 0.3) is 0 Å². The lowest BCUT2D eigenvalue weighted by Crippen LogP contribution is -2.05. The molecule has 9 heteroatoms. The first kappa shape index (κ1) is 21.6. The molecule has 4 nitrogen and oxygen atoms in total. The minimum atomic E-state index is -4.38. The Balaban J connectivity index is 1.55. The molecule has 0 bridgehead atoms. The van der Waals surface area contributed by atoms with E-state index in [1.54, 1.807) is 18.2 Å². The number of hydrogen-bond acceptors (Lipinski definition) is 3. The lowest BCUT2D eigenvalue weighted by atomic mass is 10.1. The van der Waals surface area contributed by atoms with Crippen LogP contribution in [0.3, 0.4) is 0 Å². The van der Waals surface area contributed by atoms with Gasteiger partial charge in [0.1, 0.15) is 0 Å². The van der Waals surface area contributed by atoms with Crippen molar-refractivity contribution < 1.29 is 13.2 Å². The van der Waals surface area contributed by atoms with E-state index >= 15 is 0 Å². The zero-order valence-corrected chi connectivity index (χ0v) is 18.5. The van der Waals surface area contributed by atoms with Crippen LogP contribution in [-0.4, -0.2) is 19.7 Å². The average Bonchev–Trinajstić information content (AvgIpc) is 3.42. The molecule has 0 saturated heterocycles. The molecule has 0 unspecified atom stereocenters. The van der Waals surface area contributed by atoms with E-state index in [1.807, 2.05) is 47.2 Å². The number of nitrogens with zero attached hydrogens (tertiary/aromatic N) is 3. The summed E-state index contributed by atoms with van der Waals surface area (Å²) in [5.41, 5.74) is 2.53. The molecule has 0 atom stereocenters. The smallest absolute Gasteiger partial charge is 0.360 e. The Kier molecular flexibility index (Phi) is 5.64. The number of fused-ring (bicyclic) bond motifs is 1. The van der Waals surface area contributed by atoms with Crippen molar-refractivity contribution in [3.63, 3.8) is 0 Å². The molecule has 0 amide bonds. The summed E-state index contributed by atoms with van der Waals surface area (Å²) >= 11 is 7.40. The van der Waals surface area contributed by atoms with E-state index < -0.39 is 11.7 Å². The molecule has 0 aliphatic rings. The van der Waals surface area contributed by atoms with Gasteiger partial charge in [-0.15, -0.1) is 10.2 Å². The van der Waals surface area contributed by atoms with Crippen molar-refractivity contribution >= 4 is 34.3 Å². The highest BCUT2D eigenvalue weighted by Crippen LogP contribution is 2.35. The first-order valence-corrected chi connectivity index (χ1v) is 11.3. The fraction of sp³-hybridized carbons (Fsp3) is 0.0833. The number of aromatic amines is 1. The van der Waals surface area contributed by atoms with E-state index in [9.17, 15) is 13.2 Å². The van der Waals surface area contributed by atoms with Gasteiger partial charge < -0.3 is 4.98 Å². The van der Waals surface area contributed by atoms with E-state index in [4.69, 9.17) is 11.6 Å². The first-order valence-electron chi connectivity index (χ1n) is 9.97. The molecule has 0 aliphatic heterocycles. The number of rotatable bonds is 5. The van der Waals surface area contributed by atoms with Crippen LogP contribution < -0.4 is 0 Å². The molecule has 0 fully saturated rings. The third-order valence-electron chi connectivity index (χ3n) is 5.17. The molecule has 166 valence electrons. The summed E-state index contributed by atoms with van der Waals surface area (Å²) in [5, 5.41) is 11.0. The maximum atomic E-state index is 13.1. The first-order chi connectivity index (χ1) is 15.9. The molecule has 5 aromatic rings. The van der Waals surface area contributed by atoms with Crippen LogP contribution in [0.5, 0.6) is 0 Å². The molecule has 0 saturated carbocycles. The Labute approximate surface area is 196 Å². The van der Waals surface area contributed by atoms with Gasteiger partial charge in [-0.2, -0.15) is 13.2 Å². The van der Waals surface area contributed by atoms with Crippen LogP contribution in [0.1, 0.15) is 11.1 Å². The number of aromatic nitrogens is 4. The predicted molar refractivity (Wildman–Crippen MR) is 125 cm³/mol. The molecular weight excluding hydrogens is 469 g/mol. The summed E-state index contributed by atoms with van der Waals surface area (Å²) in [6, 6.07) is 20.5. The Hall–Kier alpha value is -3.23. The van der Waals surface area contributed by atoms with Gasteiger partial charge in [0, 0.05) is 39.1 Å². The second kappa shape index (κ2) is 8.61. The van der Waals surface area contributed by atoms with Gasteiger partial charge in [-0.25, -0.2) is 0 Å². The number of benzene rings is 3. The van der Waals surface area contributed by atoms with Gasteiger partial charge >= 0.3 is 6.18 Å². The summed E-state index contributed by atoms with van der Waals surface area (Å²) < 4.78 is 41.2. The minimum Gasteiger partial charge on any atom is -0.360 e. The number of hydrogen-bond donors (Lipinski definition) is 1. The van der Waals surface area contributed by atoms with Gasteiger partial charge in [0.05, 0.1) is 5.56 Å². The predicted octanol–water partition coefficient (Wildman–Crippen LogP) is 7.38. The summed E-state index contributed by atoms with van der Waals surface area (Å²) in [6.07, 6.45) is -2.51. The van der Waals surface area contributed by atoms with Crippen molar-refractivity contribution in [2.75, 3.05) is 0 Å². The monoisotopic (exact) mass is 484 g/mol. The zero-order valence-electron chi connectivity index (χ0n) is 17.0. The normalized spacial score (nSPS) is 11.9. The third kappa shape index (κ3) is 4.36. The Morgan fingerprint density at radius 2 is 1.73 bits per heavy atom. The highest BCUT2D eigenvalue weighted by atomic mass is 35.5. The zero-order chi connectivity index (χ0) is 23.0. The third-order valence-corrected chi connectivity index (χ3v) is 6.42. The molecule has 1 N–H and O–H groups in total. The number of thioether (sulfide) groups is 1. The van der Waals surface area contributed by atoms with Crippen LogP contribution in [0.25, 0.3) is 28.0 Å². The van der Waals surface area contributed by atoms with Crippen molar-refractivity contribution in [1.29, 1.82) is 0 Å². The highest BCUT2D eigenvalue weighted by Gasteiger charge is 2.30. The topological polar surface area (TPSA) is 46.5 Å². The number of nitrogens with one attached hydrogen (secondary N) is 1. The fourth-order valence-corrected chi connectivity index (χ4v) is 4.62. The maximum Gasteiger partial charge on any atom is 0.416 e. The van der Waals surface area contributed by atoms with Crippen LogP contribution in [-0.2, 0) is 11.9 Å². The van der Waals surface area contributed by atoms with Crippen LogP contribution in [0.4, 0.5) is 13.2 Å². The molecule has 0 aliphatic carbocycles. The molecular formula is C24H16ClF3N4S. The molecule has 0 spiro atoms. The van der Waals surface area contributed by atoms with Crippen molar-refractivity contribution in [2.45, 2.75) is 17.1 Å². The van der Waals surface area contributed by atoms with Crippen molar-refractivity contribution in [2.24, 2.45) is 0 Å². The van der Waals surface area contributed by atoms with E-state index in [1.165, 1.54) is 17.8 Å². The Morgan fingerprint density at radius 3 is 2.52 bits per heavy atom. The number of H-pyrrole nitrogens is 1. The van der Waals surface area contributed by atoms with Crippen molar-refractivity contribution in [3.05, 3.63) is 95.1 Å². The Bertz CT molecular complexity index is 1420. The van der Waals surface area contributed by atoms with E-state index in [0.29, 0.717) is 27.3 Å². The number of para-hydroxylation sites is 1. The molecule has 5 rings (SSSR count). The lowest BCUT2D eigenvalue weighted by molar-refractivity contribution is -0.137. The summed E-state index contributed by atoms with van der Waals surface area (Å²) in [6.45, 7) is 0. The van der Waals surface area contributed by atoms with Crippen LogP contribution in [0, 0.1) is 0 Å². The van der Waals surface area contributed by atoms with Gasteiger partial charge in [-0.05, 0) is 42.0 Å². The van der Waals surface area contributed by atoms with Gasteiger partial charge in [-0.3, -0.25) is 4.57 Å². The molecule has 0 radical (unpaired) electrons. The summed E-state index contributed by atoms with van der Waals surface area (Å²) in [4.78, 5) is 3.25. The van der Waals surface area contributed by atoms with E-state index in [-0.39, 0.29) is 0 Å². The molecule has 3 aromatic carbocycles. The second-order valence-electron chi connectivity index (χ2n) is 7.35. The highest BCUT2D eigenvalue weighted by molar-refractivity contribution is 7.98. The Morgan fingerprint density at radius 1 is 0.939 bits per heavy atom. The summed E-state index contributed by atoms with van der Waals surface area (Å²) in [7, 11) is 0. The SMILES string of the molecule is FC(F)(F)c1cccc(CSc2nnc(-c3c[nH]c4ccccc34)n2-c2ccc(Cl)cc2)c1. The lowest BCUT2D eigenvalue weighted by Gasteiger charge is -2.11. The average molecular weight is 485 g/mol. The van der Waals surface area contributed by atoms with Crippen molar-refractivity contribution in [1.82, 2.24) is 19.7 Å². The number of alkyl halides is 3. The fourth-order valence-electron chi connectivity index (χ4n) is 3.60. The van der Waals surface area contributed by atoms with Gasteiger partial charge in [0.15, 0.2) is 11.0 Å². The maximum absolute atomic E-state index is 13.1. The second-order valence-corrected chi connectivity index (χ2v) is 8.73. The standard InChI is InChI=1S/C24H16ClF3N4S/c25-17-8-10-18(11-9-17)32-22(20-13-29-21-7-2-1-6-19(20)21)30-31-23(32)33-14-15-4-3-5-16(12-15)24(26,27)28/h1-13,29H,14H2. The van der Waals surface area contributed by atoms with Crippen LogP contribution >= 0.6 is 23.4 Å². The van der Waals surface area contributed by atoms with Crippen LogP contribution in [0.15, 0.2) is 84.1 Å². The van der Waals surface area contributed by atoms with Gasteiger partial charge in [0.2, 0.25) is 0 Å². The van der Waals surface area contributed by atoms with E-state index in [2.05, 4.69) is 15.2 Å².